The fourth-order valence-electron chi connectivity index (χ4n) is 3.19. The molecule has 0 saturated carbocycles. The van der Waals surface area contributed by atoms with Crippen molar-refractivity contribution in [2.75, 3.05) is 0 Å². The van der Waals surface area contributed by atoms with Crippen molar-refractivity contribution in [3.8, 4) is 11.5 Å². The molecule has 0 atom stereocenters. The Morgan fingerprint density at radius 2 is 1.50 bits per heavy atom. The van der Waals surface area contributed by atoms with Crippen LogP contribution in [0.1, 0.15) is 34.0 Å². The molecule has 0 radical (unpaired) electrons. The zero-order chi connectivity index (χ0) is 23.0. The van der Waals surface area contributed by atoms with Crippen molar-refractivity contribution in [3.63, 3.8) is 0 Å². The van der Waals surface area contributed by atoms with Gasteiger partial charge in [-0.25, -0.2) is 22.0 Å². The Labute approximate surface area is 179 Å². The zero-order valence-corrected chi connectivity index (χ0v) is 16.6. The molecular weight excluding hydrogens is 431 g/mol. The molecule has 1 heterocycles. The van der Waals surface area contributed by atoms with E-state index in [2.05, 4.69) is 0 Å². The Hall–Kier alpha value is -3.68. The molecular formula is C24H15F5O3. The van der Waals surface area contributed by atoms with Gasteiger partial charge in [0.15, 0.2) is 29.0 Å². The summed E-state index contributed by atoms with van der Waals surface area (Å²) in [6, 6.07) is 11.6. The minimum absolute atomic E-state index is 0.0223. The molecule has 0 unspecified atom stereocenters. The quantitative estimate of drug-likeness (QED) is 0.204. The second-order valence-electron chi connectivity index (χ2n) is 7.03. The minimum atomic E-state index is -2.24. The van der Waals surface area contributed by atoms with Crippen LogP contribution in [0.4, 0.5) is 22.0 Å². The van der Waals surface area contributed by atoms with Crippen molar-refractivity contribution in [3.05, 3.63) is 99.6 Å². The summed E-state index contributed by atoms with van der Waals surface area (Å²) in [6.07, 6.45) is 2.46. The van der Waals surface area contributed by atoms with Gasteiger partial charge < -0.3 is 9.47 Å². The van der Waals surface area contributed by atoms with Gasteiger partial charge in [0.1, 0.15) is 18.1 Å². The average Bonchev–Trinajstić information content (AvgIpc) is 3.11. The summed E-state index contributed by atoms with van der Waals surface area (Å²) in [5.74, 6) is -10.4. The Kier molecular flexibility index (Phi) is 5.69. The predicted molar refractivity (Wildman–Crippen MR) is 106 cm³/mol. The molecule has 0 bridgehead atoms. The largest absolute Gasteiger partial charge is 0.489 e. The first-order chi connectivity index (χ1) is 15.3. The summed E-state index contributed by atoms with van der Waals surface area (Å²) in [5, 5.41) is 0. The van der Waals surface area contributed by atoms with Crippen LogP contribution in [0.5, 0.6) is 11.5 Å². The molecule has 8 heteroatoms. The molecule has 0 fully saturated rings. The molecule has 0 spiro atoms. The van der Waals surface area contributed by atoms with E-state index in [0.29, 0.717) is 0 Å². The van der Waals surface area contributed by atoms with E-state index in [-0.39, 0.29) is 28.6 Å². The Morgan fingerprint density at radius 3 is 2.12 bits per heavy atom. The molecule has 4 rings (SSSR count). The van der Waals surface area contributed by atoms with Crippen LogP contribution in [0.2, 0.25) is 0 Å². The standard InChI is InChI=1S/C24H15F5O3/c1-2-12-3-5-13(6-4-12)9-18-24(30)15-8-7-14(10-17(15)32-18)31-11-16-19(25)21(27)23(29)22(28)20(16)26/h3-10H,2,11H2,1H3. The van der Waals surface area contributed by atoms with Gasteiger partial charge in [-0.1, -0.05) is 31.2 Å². The van der Waals surface area contributed by atoms with Crippen molar-refractivity contribution < 1.29 is 36.2 Å². The van der Waals surface area contributed by atoms with Crippen molar-refractivity contribution >= 4 is 11.9 Å². The van der Waals surface area contributed by atoms with E-state index in [1.807, 2.05) is 31.2 Å². The van der Waals surface area contributed by atoms with Gasteiger partial charge in [0.05, 0.1) is 11.1 Å². The fraction of sp³-hybridized carbons (Fsp3) is 0.125. The molecule has 0 aromatic heterocycles. The SMILES string of the molecule is CCc1ccc(C=C2Oc3cc(OCc4c(F)c(F)c(F)c(F)c4F)ccc3C2=O)cc1. The lowest BCUT2D eigenvalue weighted by atomic mass is 10.1. The summed E-state index contributed by atoms with van der Waals surface area (Å²) in [7, 11) is 0. The van der Waals surface area contributed by atoms with Gasteiger partial charge in [0, 0.05) is 6.07 Å². The number of halogens is 5. The molecule has 32 heavy (non-hydrogen) atoms. The number of hydrogen-bond donors (Lipinski definition) is 0. The molecule has 0 aliphatic carbocycles. The summed E-state index contributed by atoms with van der Waals surface area (Å²) in [6.45, 7) is 1.12. The highest BCUT2D eigenvalue weighted by Gasteiger charge is 2.29. The maximum atomic E-state index is 13.8. The van der Waals surface area contributed by atoms with Crippen LogP contribution in [0.25, 0.3) is 6.08 Å². The van der Waals surface area contributed by atoms with E-state index in [4.69, 9.17) is 9.47 Å². The van der Waals surface area contributed by atoms with Gasteiger partial charge >= 0.3 is 0 Å². The van der Waals surface area contributed by atoms with Crippen molar-refractivity contribution in [2.45, 2.75) is 20.0 Å². The number of allylic oxidation sites excluding steroid dienone is 1. The van der Waals surface area contributed by atoms with E-state index in [0.717, 1.165) is 17.5 Å². The number of aryl methyl sites for hydroxylation is 1. The topological polar surface area (TPSA) is 35.5 Å². The van der Waals surface area contributed by atoms with Gasteiger partial charge in [-0.2, -0.15) is 0 Å². The second kappa shape index (κ2) is 8.45. The molecule has 0 amide bonds. The highest BCUT2D eigenvalue weighted by atomic mass is 19.2. The molecule has 1 aliphatic rings. The lowest BCUT2D eigenvalue weighted by Gasteiger charge is -2.10. The molecule has 164 valence electrons. The van der Waals surface area contributed by atoms with E-state index in [9.17, 15) is 26.7 Å². The lowest BCUT2D eigenvalue weighted by molar-refractivity contribution is 0.101. The molecule has 0 saturated heterocycles. The first-order valence-electron chi connectivity index (χ1n) is 9.60. The molecule has 3 aromatic carbocycles. The summed E-state index contributed by atoms with van der Waals surface area (Å²) >= 11 is 0. The van der Waals surface area contributed by atoms with Crippen LogP contribution < -0.4 is 9.47 Å². The monoisotopic (exact) mass is 446 g/mol. The van der Waals surface area contributed by atoms with E-state index in [1.54, 1.807) is 6.08 Å². The molecule has 0 N–H and O–H groups in total. The van der Waals surface area contributed by atoms with Crippen LogP contribution in [0.15, 0.2) is 48.2 Å². The van der Waals surface area contributed by atoms with Crippen LogP contribution in [-0.4, -0.2) is 5.78 Å². The van der Waals surface area contributed by atoms with Gasteiger partial charge in [0.25, 0.3) is 0 Å². The lowest BCUT2D eigenvalue weighted by Crippen LogP contribution is -2.09. The third kappa shape index (κ3) is 3.84. The maximum Gasteiger partial charge on any atom is 0.231 e. The third-order valence-electron chi connectivity index (χ3n) is 5.01. The number of rotatable bonds is 5. The van der Waals surface area contributed by atoms with Gasteiger partial charge in [0.2, 0.25) is 11.6 Å². The summed E-state index contributed by atoms with van der Waals surface area (Å²) < 4.78 is 78.2. The van der Waals surface area contributed by atoms with Crippen molar-refractivity contribution in [2.24, 2.45) is 0 Å². The predicted octanol–water partition coefficient (Wildman–Crippen LogP) is 6.14. The number of benzene rings is 3. The van der Waals surface area contributed by atoms with E-state index < -0.39 is 41.3 Å². The van der Waals surface area contributed by atoms with Gasteiger partial charge in [-0.15, -0.1) is 0 Å². The second-order valence-corrected chi connectivity index (χ2v) is 7.03. The third-order valence-corrected chi connectivity index (χ3v) is 5.01. The van der Waals surface area contributed by atoms with Gasteiger partial charge in [-0.3, -0.25) is 4.79 Å². The Bertz CT molecular complexity index is 1220. The first-order valence-corrected chi connectivity index (χ1v) is 9.60. The van der Waals surface area contributed by atoms with Crippen LogP contribution in [0.3, 0.4) is 0 Å². The van der Waals surface area contributed by atoms with Crippen LogP contribution >= 0.6 is 0 Å². The number of ketones is 1. The normalized spacial score (nSPS) is 13.9. The van der Waals surface area contributed by atoms with Crippen LogP contribution in [-0.2, 0) is 13.0 Å². The average molecular weight is 446 g/mol. The summed E-state index contributed by atoms with van der Waals surface area (Å²) in [4.78, 5) is 12.6. The molecule has 3 nitrogen and oxygen atoms in total. The number of Topliss-reactive ketones (excluding diaryl/α,β-unsaturated/α-hetero) is 1. The minimum Gasteiger partial charge on any atom is -0.489 e. The number of ether oxygens (including phenoxy) is 2. The Morgan fingerprint density at radius 1 is 0.875 bits per heavy atom. The Balaban J connectivity index is 1.54. The highest BCUT2D eigenvalue weighted by molar-refractivity contribution is 6.14. The van der Waals surface area contributed by atoms with Crippen LogP contribution in [0, 0.1) is 29.1 Å². The fourth-order valence-corrected chi connectivity index (χ4v) is 3.19. The molecule has 3 aromatic rings. The molecule has 1 aliphatic heterocycles. The number of carbonyl (C=O) groups excluding carboxylic acids is 1. The van der Waals surface area contributed by atoms with E-state index >= 15 is 0 Å². The van der Waals surface area contributed by atoms with Crippen molar-refractivity contribution in [1.29, 1.82) is 0 Å². The zero-order valence-electron chi connectivity index (χ0n) is 16.6. The van der Waals surface area contributed by atoms with Gasteiger partial charge in [-0.05, 0) is 35.8 Å². The number of hydrogen-bond acceptors (Lipinski definition) is 3. The summed E-state index contributed by atoms with van der Waals surface area (Å²) in [5.41, 5.74) is 1.06. The highest BCUT2D eigenvalue weighted by Crippen LogP contribution is 2.35. The van der Waals surface area contributed by atoms with Crippen molar-refractivity contribution in [1.82, 2.24) is 0 Å². The smallest absolute Gasteiger partial charge is 0.231 e. The van der Waals surface area contributed by atoms with E-state index in [1.165, 1.54) is 18.2 Å². The number of carbonyl (C=O) groups is 1. The first kappa shape index (κ1) is 21.5. The number of fused-ring (bicyclic) bond motifs is 1. The maximum absolute atomic E-state index is 13.8.